The Labute approximate surface area is 189 Å². The van der Waals surface area contributed by atoms with Crippen LogP contribution in [0.5, 0.6) is 0 Å². The van der Waals surface area contributed by atoms with E-state index < -0.39 is 17.7 Å². The molecule has 5 rings (SSSR count). The first-order valence-corrected chi connectivity index (χ1v) is 10.8. The number of hydrogen-bond donors (Lipinski definition) is 3. The summed E-state index contributed by atoms with van der Waals surface area (Å²) >= 11 is 0. The molecule has 3 heterocycles. The Morgan fingerprint density at radius 2 is 1.94 bits per heavy atom. The molecule has 0 spiro atoms. The highest BCUT2D eigenvalue weighted by atomic mass is 19.1. The molecule has 1 aliphatic heterocycles. The summed E-state index contributed by atoms with van der Waals surface area (Å²) in [6.45, 7) is 2.37. The Hall–Kier alpha value is -3.37. The standard InChI is InChI=1S/C23H24FN5O4/c1-23(21(30)31)11-32-20(33-12-23)19-28-17(14-4-6-15(24)7-5-14)18(29-19)16-8-9-25-22(27-16)26-10-13-2-3-13/h4-9,13,20H,2-3,10-12H2,1H3,(H,28,29)(H,30,31)(H,25,26,27). The van der Waals surface area contributed by atoms with E-state index in [2.05, 4.69) is 25.3 Å². The Morgan fingerprint density at radius 1 is 1.21 bits per heavy atom. The minimum absolute atomic E-state index is 0.0162. The third-order valence-corrected chi connectivity index (χ3v) is 5.84. The van der Waals surface area contributed by atoms with Crippen molar-refractivity contribution < 1.29 is 23.8 Å². The molecular weight excluding hydrogens is 429 g/mol. The lowest BCUT2D eigenvalue weighted by Crippen LogP contribution is -2.42. The van der Waals surface area contributed by atoms with Gasteiger partial charge in [-0.15, -0.1) is 0 Å². The van der Waals surface area contributed by atoms with E-state index in [-0.39, 0.29) is 19.0 Å². The Morgan fingerprint density at radius 3 is 2.61 bits per heavy atom. The van der Waals surface area contributed by atoms with Crippen LogP contribution >= 0.6 is 0 Å². The van der Waals surface area contributed by atoms with Gasteiger partial charge in [0, 0.05) is 18.3 Å². The number of hydrogen-bond acceptors (Lipinski definition) is 7. The molecule has 1 saturated heterocycles. The normalized spacial score (nSPS) is 22.8. The lowest BCUT2D eigenvalue weighted by Gasteiger charge is -2.33. The molecule has 9 nitrogen and oxygen atoms in total. The maximum Gasteiger partial charge on any atom is 0.314 e. The van der Waals surface area contributed by atoms with E-state index in [1.807, 2.05) is 0 Å². The second-order valence-corrected chi connectivity index (χ2v) is 8.76. The van der Waals surface area contributed by atoms with Crippen molar-refractivity contribution in [2.24, 2.45) is 11.3 Å². The summed E-state index contributed by atoms with van der Waals surface area (Å²) in [5.41, 5.74) is 1.32. The van der Waals surface area contributed by atoms with Gasteiger partial charge in [-0.25, -0.2) is 19.3 Å². The number of nitrogens with zero attached hydrogens (tertiary/aromatic N) is 3. The third kappa shape index (κ3) is 4.57. The van der Waals surface area contributed by atoms with Crippen molar-refractivity contribution in [2.75, 3.05) is 25.1 Å². The topological polar surface area (TPSA) is 122 Å². The number of carboxylic acid groups (broad SMARTS) is 1. The summed E-state index contributed by atoms with van der Waals surface area (Å²) in [7, 11) is 0. The zero-order chi connectivity index (χ0) is 23.0. The second-order valence-electron chi connectivity index (χ2n) is 8.76. The van der Waals surface area contributed by atoms with Crippen molar-refractivity contribution in [3.05, 3.63) is 48.2 Å². The SMILES string of the molecule is CC1(C(=O)O)COC(c2nc(-c3ccc(F)cc3)c(-c3ccnc(NCC4CC4)n3)[nH]2)OC1. The molecule has 0 bridgehead atoms. The van der Waals surface area contributed by atoms with E-state index in [0.29, 0.717) is 40.3 Å². The van der Waals surface area contributed by atoms with Crippen molar-refractivity contribution in [3.8, 4) is 22.6 Å². The van der Waals surface area contributed by atoms with Gasteiger partial charge in [0.1, 0.15) is 11.2 Å². The minimum Gasteiger partial charge on any atom is -0.481 e. The smallest absolute Gasteiger partial charge is 0.314 e. The number of aromatic amines is 1. The number of aliphatic carboxylic acids is 1. The summed E-state index contributed by atoms with van der Waals surface area (Å²) < 4.78 is 24.9. The van der Waals surface area contributed by atoms with Crippen LogP contribution in [0, 0.1) is 17.2 Å². The molecule has 2 aliphatic rings. The van der Waals surface area contributed by atoms with Gasteiger partial charge in [0.2, 0.25) is 12.2 Å². The van der Waals surface area contributed by atoms with Crippen LogP contribution < -0.4 is 5.32 Å². The molecule has 1 aliphatic carbocycles. The molecular formula is C23H24FN5O4. The van der Waals surface area contributed by atoms with Gasteiger partial charge in [-0.3, -0.25) is 4.79 Å². The summed E-state index contributed by atoms with van der Waals surface area (Å²) in [6.07, 6.45) is 3.24. The molecule has 10 heteroatoms. The average molecular weight is 453 g/mol. The van der Waals surface area contributed by atoms with Crippen LogP contribution in [-0.2, 0) is 14.3 Å². The number of carbonyl (C=O) groups is 1. The summed E-state index contributed by atoms with van der Waals surface area (Å²) in [6, 6.07) is 7.76. The molecule has 0 radical (unpaired) electrons. The third-order valence-electron chi connectivity index (χ3n) is 5.84. The molecule has 1 saturated carbocycles. The first-order valence-electron chi connectivity index (χ1n) is 10.8. The number of anilines is 1. The Kier molecular flexibility index (Phi) is 5.55. The van der Waals surface area contributed by atoms with Gasteiger partial charge in [0.05, 0.1) is 30.3 Å². The van der Waals surface area contributed by atoms with Gasteiger partial charge >= 0.3 is 5.97 Å². The van der Waals surface area contributed by atoms with Gasteiger partial charge in [-0.2, -0.15) is 0 Å². The molecule has 172 valence electrons. The number of nitrogens with one attached hydrogen (secondary N) is 2. The van der Waals surface area contributed by atoms with E-state index in [0.717, 1.165) is 6.54 Å². The molecule has 0 amide bonds. The van der Waals surface area contributed by atoms with Crippen LogP contribution in [0.4, 0.5) is 10.3 Å². The maximum absolute atomic E-state index is 13.5. The number of ether oxygens (including phenoxy) is 2. The van der Waals surface area contributed by atoms with Crippen LogP contribution in [0.3, 0.4) is 0 Å². The lowest BCUT2D eigenvalue weighted by molar-refractivity contribution is -0.236. The second kappa shape index (κ2) is 8.53. The fourth-order valence-corrected chi connectivity index (χ4v) is 3.54. The quantitative estimate of drug-likeness (QED) is 0.496. The zero-order valence-electron chi connectivity index (χ0n) is 18.0. The summed E-state index contributed by atoms with van der Waals surface area (Å²) in [5, 5.41) is 12.7. The first-order chi connectivity index (χ1) is 15.9. The first kappa shape index (κ1) is 21.5. The van der Waals surface area contributed by atoms with Crippen molar-refractivity contribution in [1.82, 2.24) is 19.9 Å². The van der Waals surface area contributed by atoms with Gasteiger partial charge in [0.25, 0.3) is 0 Å². The fourth-order valence-electron chi connectivity index (χ4n) is 3.54. The highest BCUT2D eigenvalue weighted by Gasteiger charge is 2.41. The van der Waals surface area contributed by atoms with Crippen LogP contribution in [-0.4, -0.2) is 50.8 Å². The minimum atomic E-state index is -1.12. The highest BCUT2D eigenvalue weighted by Crippen LogP contribution is 2.35. The highest BCUT2D eigenvalue weighted by molar-refractivity contribution is 5.77. The van der Waals surface area contributed by atoms with Crippen molar-refractivity contribution in [3.63, 3.8) is 0 Å². The van der Waals surface area contributed by atoms with Crippen LogP contribution in [0.2, 0.25) is 0 Å². The monoisotopic (exact) mass is 453 g/mol. The number of aromatic nitrogens is 4. The molecule has 3 aromatic rings. The molecule has 2 fully saturated rings. The van der Waals surface area contributed by atoms with Crippen LogP contribution in [0.15, 0.2) is 36.5 Å². The molecule has 2 aromatic heterocycles. The van der Waals surface area contributed by atoms with Gasteiger partial charge in [-0.1, -0.05) is 0 Å². The van der Waals surface area contributed by atoms with Crippen molar-refractivity contribution in [1.29, 1.82) is 0 Å². The predicted molar refractivity (Wildman–Crippen MR) is 117 cm³/mol. The number of H-pyrrole nitrogens is 1. The van der Waals surface area contributed by atoms with E-state index in [1.54, 1.807) is 31.3 Å². The van der Waals surface area contributed by atoms with E-state index in [1.165, 1.54) is 25.0 Å². The zero-order valence-corrected chi connectivity index (χ0v) is 18.0. The van der Waals surface area contributed by atoms with Crippen molar-refractivity contribution in [2.45, 2.75) is 26.1 Å². The number of halogens is 1. The Bertz CT molecular complexity index is 1150. The van der Waals surface area contributed by atoms with Gasteiger partial charge < -0.3 is 24.9 Å². The average Bonchev–Trinajstić information content (AvgIpc) is 3.55. The molecule has 1 aromatic carbocycles. The summed E-state index contributed by atoms with van der Waals surface area (Å²) in [4.78, 5) is 28.3. The Balaban J connectivity index is 1.47. The predicted octanol–water partition coefficient (Wildman–Crippen LogP) is 3.63. The maximum atomic E-state index is 13.5. The van der Waals surface area contributed by atoms with Gasteiger partial charge in [0.15, 0.2) is 5.82 Å². The number of carboxylic acids is 1. The number of rotatable bonds is 7. The van der Waals surface area contributed by atoms with Crippen LogP contribution in [0.25, 0.3) is 22.6 Å². The lowest BCUT2D eigenvalue weighted by atomic mass is 9.92. The van der Waals surface area contributed by atoms with E-state index in [4.69, 9.17) is 9.47 Å². The largest absolute Gasteiger partial charge is 0.481 e. The number of imidazole rings is 1. The molecule has 33 heavy (non-hydrogen) atoms. The van der Waals surface area contributed by atoms with Gasteiger partial charge in [-0.05, 0) is 56.0 Å². The fraction of sp³-hybridized carbons (Fsp3) is 0.391. The van der Waals surface area contributed by atoms with E-state index >= 15 is 0 Å². The summed E-state index contributed by atoms with van der Waals surface area (Å²) in [5.74, 6) is 0.227. The molecule has 3 N–H and O–H groups in total. The molecule has 0 unspecified atom stereocenters. The van der Waals surface area contributed by atoms with E-state index in [9.17, 15) is 14.3 Å². The molecule has 0 atom stereocenters. The number of benzene rings is 1. The van der Waals surface area contributed by atoms with Crippen molar-refractivity contribution >= 4 is 11.9 Å². The van der Waals surface area contributed by atoms with Crippen LogP contribution in [0.1, 0.15) is 31.9 Å².